The van der Waals surface area contributed by atoms with Crippen molar-refractivity contribution in [2.75, 3.05) is 6.54 Å². The average Bonchev–Trinajstić information content (AvgIpc) is 2.27. The van der Waals surface area contributed by atoms with E-state index in [4.69, 9.17) is 5.73 Å². The van der Waals surface area contributed by atoms with E-state index in [1.54, 1.807) is 6.92 Å². The number of aliphatic carboxylic acids is 1. The van der Waals surface area contributed by atoms with E-state index in [1.165, 1.54) is 0 Å². The summed E-state index contributed by atoms with van der Waals surface area (Å²) in [5, 5.41) is 9.59. The van der Waals surface area contributed by atoms with Crippen LogP contribution >= 0.6 is 0 Å². The number of hydrogen-bond acceptors (Lipinski definition) is 2. The molecule has 0 heterocycles. The van der Waals surface area contributed by atoms with E-state index >= 15 is 0 Å². The van der Waals surface area contributed by atoms with Gasteiger partial charge in [0.15, 0.2) is 0 Å². The van der Waals surface area contributed by atoms with Gasteiger partial charge in [-0.1, -0.05) is 6.07 Å². The zero-order chi connectivity index (χ0) is 14.1. The molecule has 3 nitrogen and oxygen atoms in total. The van der Waals surface area contributed by atoms with Gasteiger partial charge in [0, 0.05) is 0 Å². The Balaban J connectivity index is 3.60. The third-order valence-corrected chi connectivity index (χ3v) is 4.03. The summed E-state index contributed by atoms with van der Waals surface area (Å²) in [7, 11) is 0. The Kier molecular flexibility index (Phi) is 4.17. The topological polar surface area (TPSA) is 63.3 Å². The first-order chi connectivity index (χ1) is 8.25. The van der Waals surface area contributed by atoms with Crippen LogP contribution in [0, 0.1) is 27.7 Å². The molecule has 0 amide bonds. The fourth-order valence-corrected chi connectivity index (χ4v) is 2.67. The van der Waals surface area contributed by atoms with Crippen molar-refractivity contribution < 1.29 is 9.90 Å². The van der Waals surface area contributed by atoms with Crippen LogP contribution in [-0.2, 0) is 10.2 Å². The molecule has 0 fully saturated rings. The molecule has 18 heavy (non-hydrogen) atoms. The Labute approximate surface area is 109 Å². The number of rotatable bonds is 4. The van der Waals surface area contributed by atoms with E-state index in [0.717, 1.165) is 27.8 Å². The Hall–Kier alpha value is -1.35. The molecule has 3 heteroatoms. The fraction of sp³-hybridized carbons (Fsp3) is 0.533. The summed E-state index contributed by atoms with van der Waals surface area (Å²) in [6.45, 7) is 10.2. The lowest BCUT2D eigenvalue weighted by Crippen LogP contribution is -2.36. The van der Waals surface area contributed by atoms with Crippen molar-refractivity contribution in [1.29, 1.82) is 0 Å². The smallest absolute Gasteiger partial charge is 0.313 e. The number of benzene rings is 1. The highest BCUT2D eigenvalue weighted by atomic mass is 16.4. The molecule has 0 aliphatic heterocycles. The van der Waals surface area contributed by atoms with E-state index in [2.05, 4.69) is 6.07 Å². The molecule has 100 valence electrons. The van der Waals surface area contributed by atoms with Crippen molar-refractivity contribution >= 4 is 5.97 Å². The van der Waals surface area contributed by atoms with Crippen LogP contribution in [0.4, 0.5) is 0 Å². The van der Waals surface area contributed by atoms with Crippen molar-refractivity contribution in [2.45, 2.75) is 46.5 Å². The predicted octanol–water partition coefficient (Wildman–Crippen LogP) is 2.61. The number of nitrogens with two attached hydrogens (primary N) is 1. The van der Waals surface area contributed by atoms with Crippen molar-refractivity contribution in [3.05, 3.63) is 33.9 Å². The molecule has 0 aromatic heterocycles. The summed E-state index contributed by atoms with van der Waals surface area (Å²) >= 11 is 0. The molecule has 0 aliphatic rings. The van der Waals surface area contributed by atoms with Gasteiger partial charge in [-0.15, -0.1) is 0 Å². The first-order valence-corrected chi connectivity index (χ1v) is 6.27. The maximum Gasteiger partial charge on any atom is 0.313 e. The monoisotopic (exact) mass is 249 g/mol. The van der Waals surface area contributed by atoms with Gasteiger partial charge in [0.2, 0.25) is 0 Å². The highest BCUT2D eigenvalue weighted by molar-refractivity contribution is 5.82. The predicted molar refractivity (Wildman–Crippen MR) is 74.0 cm³/mol. The third-order valence-electron chi connectivity index (χ3n) is 4.03. The van der Waals surface area contributed by atoms with Crippen LogP contribution in [-0.4, -0.2) is 17.6 Å². The second-order valence-corrected chi connectivity index (χ2v) is 5.31. The summed E-state index contributed by atoms with van der Waals surface area (Å²) in [5.41, 5.74) is 10.0. The Morgan fingerprint density at radius 3 is 2.00 bits per heavy atom. The van der Waals surface area contributed by atoms with Crippen molar-refractivity contribution in [1.82, 2.24) is 0 Å². The molecule has 0 radical (unpaired) electrons. The van der Waals surface area contributed by atoms with Crippen LogP contribution in [0.5, 0.6) is 0 Å². The Morgan fingerprint density at radius 2 is 1.67 bits per heavy atom. The van der Waals surface area contributed by atoms with Crippen LogP contribution in [0.3, 0.4) is 0 Å². The summed E-state index contributed by atoms with van der Waals surface area (Å²) in [6, 6.07) is 2.11. The molecule has 0 aliphatic carbocycles. The van der Waals surface area contributed by atoms with E-state index in [-0.39, 0.29) is 0 Å². The minimum atomic E-state index is -0.903. The van der Waals surface area contributed by atoms with Gasteiger partial charge in [-0.2, -0.15) is 0 Å². The molecule has 1 unspecified atom stereocenters. The summed E-state index contributed by atoms with van der Waals surface area (Å²) in [4.78, 5) is 11.7. The standard InChI is InChI=1S/C15H23NO2/c1-9-8-10(2)12(4)13(11(9)3)15(5,6-7-16)14(17)18/h8H,6-7,16H2,1-5H3,(H,17,18). The van der Waals surface area contributed by atoms with Gasteiger partial charge in [-0.05, 0) is 75.4 Å². The van der Waals surface area contributed by atoms with Crippen molar-refractivity contribution in [2.24, 2.45) is 5.73 Å². The summed E-state index contributed by atoms with van der Waals surface area (Å²) < 4.78 is 0. The second kappa shape index (κ2) is 5.11. The molecule has 1 aromatic rings. The highest BCUT2D eigenvalue weighted by Crippen LogP contribution is 2.35. The minimum Gasteiger partial charge on any atom is -0.481 e. The lowest BCUT2D eigenvalue weighted by molar-refractivity contribution is -0.143. The molecular formula is C15H23NO2. The van der Waals surface area contributed by atoms with E-state index in [9.17, 15) is 9.90 Å². The molecular weight excluding hydrogens is 226 g/mol. The zero-order valence-electron chi connectivity index (χ0n) is 11.9. The average molecular weight is 249 g/mol. The molecule has 3 N–H and O–H groups in total. The fourth-order valence-electron chi connectivity index (χ4n) is 2.67. The zero-order valence-corrected chi connectivity index (χ0v) is 11.9. The number of carboxylic acids is 1. The second-order valence-electron chi connectivity index (χ2n) is 5.31. The van der Waals surface area contributed by atoms with Crippen LogP contribution < -0.4 is 5.73 Å². The van der Waals surface area contributed by atoms with E-state index in [0.29, 0.717) is 13.0 Å². The van der Waals surface area contributed by atoms with Gasteiger partial charge in [0.05, 0.1) is 5.41 Å². The highest BCUT2D eigenvalue weighted by Gasteiger charge is 2.37. The summed E-state index contributed by atoms with van der Waals surface area (Å²) in [6.07, 6.45) is 0.451. The molecule has 0 saturated carbocycles. The number of carboxylic acid groups (broad SMARTS) is 1. The van der Waals surface area contributed by atoms with Crippen LogP contribution in [0.1, 0.15) is 41.2 Å². The molecule has 1 atom stereocenters. The number of aryl methyl sites for hydroxylation is 2. The quantitative estimate of drug-likeness (QED) is 0.862. The molecule has 1 rings (SSSR count). The van der Waals surface area contributed by atoms with Crippen molar-refractivity contribution in [3.8, 4) is 0 Å². The van der Waals surface area contributed by atoms with Gasteiger partial charge in [-0.25, -0.2) is 0 Å². The van der Waals surface area contributed by atoms with Gasteiger partial charge >= 0.3 is 5.97 Å². The first kappa shape index (κ1) is 14.7. The number of hydrogen-bond donors (Lipinski definition) is 2. The van der Waals surface area contributed by atoms with E-state index in [1.807, 2.05) is 27.7 Å². The van der Waals surface area contributed by atoms with E-state index < -0.39 is 11.4 Å². The molecule has 1 aromatic carbocycles. The normalized spacial score (nSPS) is 14.3. The maximum absolute atomic E-state index is 11.7. The lowest BCUT2D eigenvalue weighted by atomic mass is 9.73. The molecule has 0 bridgehead atoms. The van der Waals surface area contributed by atoms with Crippen molar-refractivity contribution in [3.63, 3.8) is 0 Å². The van der Waals surface area contributed by atoms with Gasteiger partial charge in [-0.3, -0.25) is 4.79 Å². The largest absolute Gasteiger partial charge is 0.481 e. The maximum atomic E-state index is 11.7. The van der Waals surface area contributed by atoms with Gasteiger partial charge in [0.1, 0.15) is 0 Å². The van der Waals surface area contributed by atoms with Gasteiger partial charge < -0.3 is 10.8 Å². The minimum absolute atomic E-state index is 0.370. The molecule has 0 saturated heterocycles. The van der Waals surface area contributed by atoms with Gasteiger partial charge in [0.25, 0.3) is 0 Å². The van der Waals surface area contributed by atoms with Crippen LogP contribution in [0.25, 0.3) is 0 Å². The Morgan fingerprint density at radius 1 is 1.22 bits per heavy atom. The summed E-state index contributed by atoms with van der Waals surface area (Å²) in [5.74, 6) is -0.802. The first-order valence-electron chi connectivity index (χ1n) is 6.27. The SMILES string of the molecule is Cc1cc(C)c(C)c(C(C)(CCN)C(=O)O)c1C. The van der Waals surface area contributed by atoms with Crippen LogP contribution in [0.15, 0.2) is 6.07 Å². The Bertz CT molecular complexity index is 454. The lowest BCUT2D eigenvalue weighted by Gasteiger charge is -2.30. The van der Waals surface area contributed by atoms with Crippen LogP contribution in [0.2, 0.25) is 0 Å². The molecule has 0 spiro atoms. The number of carbonyl (C=O) groups is 1. The third kappa shape index (κ3) is 2.27.